The Bertz CT molecular complexity index is 246. The SMILES string of the molecule is CC(O)C1CCN(C(=O)C2(C)CC2)C1. The van der Waals surface area contributed by atoms with Crippen molar-refractivity contribution in [3.05, 3.63) is 0 Å². The predicted molar refractivity (Wildman–Crippen MR) is 53.7 cm³/mol. The molecule has 2 unspecified atom stereocenters. The molecular weight excluding hydrogens is 178 g/mol. The van der Waals surface area contributed by atoms with E-state index in [2.05, 4.69) is 0 Å². The summed E-state index contributed by atoms with van der Waals surface area (Å²) in [5, 5.41) is 9.43. The van der Waals surface area contributed by atoms with E-state index < -0.39 is 0 Å². The number of rotatable bonds is 2. The number of carbonyl (C=O) groups is 1. The Morgan fingerprint density at radius 1 is 1.57 bits per heavy atom. The second kappa shape index (κ2) is 3.23. The van der Waals surface area contributed by atoms with Crippen molar-refractivity contribution in [1.82, 2.24) is 4.90 Å². The maximum absolute atomic E-state index is 11.9. The second-order valence-corrected chi connectivity index (χ2v) is 5.10. The first-order chi connectivity index (χ1) is 6.53. The molecule has 0 bridgehead atoms. The Balaban J connectivity index is 1.92. The summed E-state index contributed by atoms with van der Waals surface area (Å²) in [7, 11) is 0. The molecule has 3 heteroatoms. The zero-order valence-electron chi connectivity index (χ0n) is 8.99. The molecule has 1 aliphatic carbocycles. The maximum atomic E-state index is 11.9. The highest BCUT2D eigenvalue weighted by Crippen LogP contribution is 2.47. The summed E-state index contributed by atoms with van der Waals surface area (Å²) in [6, 6.07) is 0. The lowest BCUT2D eigenvalue weighted by molar-refractivity contribution is -0.135. The van der Waals surface area contributed by atoms with Crippen LogP contribution in [0.5, 0.6) is 0 Å². The molecule has 2 atom stereocenters. The third kappa shape index (κ3) is 1.65. The van der Waals surface area contributed by atoms with Crippen molar-refractivity contribution in [2.45, 2.75) is 39.2 Å². The fraction of sp³-hybridized carbons (Fsp3) is 0.909. The quantitative estimate of drug-likeness (QED) is 0.718. The summed E-state index contributed by atoms with van der Waals surface area (Å²) >= 11 is 0. The van der Waals surface area contributed by atoms with E-state index in [0.29, 0.717) is 11.8 Å². The highest BCUT2D eigenvalue weighted by atomic mass is 16.3. The molecule has 0 aromatic carbocycles. The van der Waals surface area contributed by atoms with Crippen molar-refractivity contribution in [2.75, 3.05) is 13.1 Å². The standard InChI is InChI=1S/C11H19NO2/c1-8(13)9-3-6-12(7-9)10(14)11(2)4-5-11/h8-9,13H,3-7H2,1-2H3. The molecule has 14 heavy (non-hydrogen) atoms. The predicted octanol–water partition coefficient (Wildman–Crippen LogP) is 1.02. The number of aliphatic hydroxyl groups excluding tert-OH is 1. The van der Waals surface area contributed by atoms with Crippen LogP contribution in [0, 0.1) is 11.3 Å². The van der Waals surface area contributed by atoms with Crippen LogP contribution in [0.15, 0.2) is 0 Å². The minimum absolute atomic E-state index is 0.0480. The number of aliphatic hydroxyl groups is 1. The first-order valence-corrected chi connectivity index (χ1v) is 5.50. The van der Waals surface area contributed by atoms with E-state index in [1.54, 1.807) is 0 Å². The van der Waals surface area contributed by atoms with Gasteiger partial charge in [0.05, 0.1) is 6.10 Å². The number of likely N-dealkylation sites (tertiary alicyclic amines) is 1. The lowest BCUT2D eigenvalue weighted by Crippen LogP contribution is -2.35. The van der Waals surface area contributed by atoms with Gasteiger partial charge < -0.3 is 10.0 Å². The zero-order chi connectivity index (χ0) is 10.3. The summed E-state index contributed by atoms with van der Waals surface area (Å²) in [6.07, 6.45) is 2.77. The molecule has 0 radical (unpaired) electrons. The molecule has 2 rings (SSSR count). The molecule has 0 spiro atoms. The molecule has 0 aromatic rings. The van der Waals surface area contributed by atoms with Crippen LogP contribution >= 0.6 is 0 Å². The third-order valence-electron chi connectivity index (χ3n) is 3.71. The number of hydrogen-bond acceptors (Lipinski definition) is 2. The van der Waals surface area contributed by atoms with Crippen molar-refractivity contribution >= 4 is 5.91 Å². The highest BCUT2D eigenvalue weighted by molar-refractivity contribution is 5.85. The van der Waals surface area contributed by atoms with Crippen molar-refractivity contribution in [2.24, 2.45) is 11.3 Å². The van der Waals surface area contributed by atoms with Crippen LogP contribution in [-0.4, -0.2) is 35.1 Å². The molecule has 1 amide bonds. The van der Waals surface area contributed by atoms with Crippen molar-refractivity contribution in [3.63, 3.8) is 0 Å². The molecule has 1 aliphatic heterocycles. The van der Waals surface area contributed by atoms with E-state index in [-0.39, 0.29) is 11.5 Å². The van der Waals surface area contributed by atoms with E-state index in [0.717, 1.165) is 32.4 Å². The van der Waals surface area contributed by atoms with E-state index in [1.807, 2.05) is 18.7 Å². The van der Waals surface area contributed by atoms with E-state index in [1.165, 1.54) is 0 Å². The van der Waals surface area contributed by atoms with Gasteiger partial charge in [-0.3, -0.25) is 4.79 Å². The first-order valence-electron chi connectivity index (χ1n) is 5.50. The second-order valence-electron chi connectivity index (χ2n) is 5.10. The Morgan fingerprint density at radius 3 is 2.64 bits per heavy atom. The number of hydrogen-bond donors (Lipinski definition) is 1. The molecule has 1 N–H and O–H groups in total. The monoisotopic (exact) mass is 197 g/mol. The summed E-state index contributed by atoms with van der Waals surface area (Å²) in [6.45, 7) is 5.46. The summed E-state index contributed by atoms with van der Waals surface area (Å²) in [4.78, 5) is 13.9. The highest BCUT2D eigenvalue weighted by Gasteiger charge is 2.48. The fourth-order valence-corrected chi connectivity index (χ4v) is 2.15. The van der Waals surface area contributed by atoms with E-state index in [9.17, 15) is 9.90 Å². The van der Waals surface area contributed by atoms with Gasteiger partial charge in [-0.2, -0.15) is 0 Å². The minimum Gasteiger partial charge on any atom is -0.393 e. The van der Waals surface area contributed by atoms with E-state index in [4.69, 9.17) is 0 Å². The fourth-order valence-electron chi connectivity index (χ4n) is 2.15. The first kappa shape index (κ1) is 9.97. The van der Waals surface area contributed by atoms with Crippen molar-refractivity contribution in [1.29, 1.82) is 0 Å². The third-order valence-corrected chi connectivity index (χ3v) is 3.71. The molecular formula is C11H19NO2. The van der Waals surface area contributed by atoms with Gasteiger partial charge in [0.2, 0.25) is 5.91 Å². The Morgan fingerprint density at radius 2 is 2.21 bits per heavy atom. The smallest absolute Gasteiger partial charge is 0.228 e. The lowest BCUT2D eigenvalue weighted by atomic mass is 10.0. The van der Waals surface area contributed by atoms with Crippen LogP contribution in [0.3, 0.4) is 0 Å². The van der Waals surface area contributed by atoms with Gasteiger partial charge >= 0.3 is 0 Å². The summed E-state index contributed by atoms with van der Waals surface area (Å²) in [5.74, 6) is 0.599. The van der Waals surface area contributed by atoms with Crippen LogP contribution in [0.4, 0.5) is 0 Å². The Kier molecular flexibility index (Phi) is 2.30. The molecule has 1 saturated carbocycles. The van der Waals surface area contributed by atoms with Gasteiger partial charge in [0.25, 0.3) is 0 Å². The number of amides is 1. The normalized spacial score (nSPS) is 31.6. The number of carbonyl (C=O) groups excluding carboxylic acids is 1. The molecule has 0 aromatic heterocycles. The van der Waals surface area contributed by atoms with Crippen LogP contribution in [0.2, 0.25) is 0 Å². The van der Waals surface area contributed by atoms with Gasteiger partial charge in [0.15, 0.2) is 0 Å². The van der Waals surface area contributed by atoms with Crippen LogP contribution < -0.4 is 0 Å². The largest absolute Gasteiger partial charge is 0.393 e. The number of nitrogens with zero attached hydrogens (tertiary/aromatic N) is 1. The Labute approximate surface area is 85.1 Å². The van der Waals surface area contributed by atoms with Gasteiger partial charge in [-0.05, 0) is 26.2 Å². The lowest BCUT2D eigenvalue weighted by Gasteiger charge is -2.21. The molecule has 80 valence electrons. The minimum atomic E-state index is -0.278. The molecule has 1 saturated heterocycles. The molecule has 2 fully saturated rings. The van der Waals surface area contributed by atoms with Crippen LogP contribution in [0.25, 0.3) is 0 Å². The van der Waals surface area contributed by atoms with Crippen LogP contribution in [-0.2, 0) is 4.79 Å². The van der Waals surface area contributed by atoms with Crippen LogP contribution in [0.1, 0.15) is 33.1 Å². The van der Waals surface area contributed by atoms with Gasteiger partial charge in [0.1, 0.15) is 0 Å². The molecule has 3 nitrogen and oxygen atoms in total. The van der Waals surface area contributed by atoms with Gasteiger partial charge in [-0.1, -0.05) is 6.92 Å². The Hall–Kier alpha value is -0.570. The topological polar surface area (TPSA) is 40.5 Å². The van der Waals surface area contributed by atoms with E-state index >= 15 is 0 Å². The average molecular weight is 197 g/mol. The van der Waals surface area contributed by atoms with Gasteiger partial charge in [0, 0.05) is 24.4 Å². The summed E-state index contributed by atoms with van der Waals surface area (Å²) in [5.41, 5.74) is -0.0480. The van der Waals surface area contributed by atoms with Crippen molar-refractivity contribution in [3.8, 4) is 0 Å². The average Bonchev–Trinajstić information content (AvgIpc) is 2.69. The molecule has 1 heterocycles. The van der Waals surface area contributed by atoms with Crippen molar-refractivity contribution < 1.29 is 9.90 Å². The zero-order valence-corrected chi connectivity index (χ0v) is 8.99. The maximum Gasteiger partial charge on any atom is 0.228 e. The summed E-state index contributed by atoms with van der Waals surface area (Å²) < 4.78 is 0. The molecule has 2 aliphatic rings. The van der Waals surface area contributed by atoms with Gasteiger partial charge in [-0.25, -0.2) is 0 Å². The van der Waals surface area contributed by atoms with Gasteiger partial charge in [-0.15, -0.1) is 0 Å².